The summed E-state index contributed by atoms with van der Waals surface area (Å²) in [5.41, 5.74) is 2.05. The Morgan fingerprint density at radius 1 is 1.08 bits per heavy atom. The maximum atomic E-state index is 12.3. The average Bonchev–Trinajstić information content (AvgIpc) is 2.68. The number of hydrogen-bond donors (Lipinski definition) is 1. The molecule has 0 spiro atoms. The number of piperidine rings is 1. The molecule has 2 aliphatic rings. The molecule has 26 heavy (non-hydrogen) atoms. The molecule has 1 N–H and O–H groups in total. The molecule has 1 aromatic carbocycles. The van der Waals surface area contributed by atoms with Crippen molar-refractivity contribution in [1.29, 1.82) is 0 Å². The van der Waals surface area contributed by atoms with Gasteiger partial charge in [0.2, 0.25) is 0 Å². The van der Waals surface area contributed by atoms with Gasteiger partial charge in [0.15, 0.2) is 0 Å². The molecule has 2 fully saturated rings. The summed E-state index contributed by atoms with van der Waals surface area (Å²) in [5.74, 6) is 0.894. The second kappa shape index (κ2) is 10.0. The first-order chi connectivity index (χ1) is 12.7. The number of hydrogen-bond acceptors (Lipinski definition) is 4. The average molecular weight is 360 g/mol. The highest BCUT2D eigenvalue weighted by Crippen LogP contribution is 2.18. The summed E-state index contributed by atoms with van der Waals surface area (Å²) in [6.07, 6.45) is 3.58. The monoisotopic (exact) mass is 359 g/mol. The number of carbonyl (C=O) groups is 1. The normalized spacial score (nSPS) is 20.2. The summed E-state index contributed by atoms with van der Waals surface area (Å²) < 4.78 is 5.35. The third kappa shape index (κ3) is 6.08. The van der Waals surface area contributed by atoms with Crippen molar-refractivity contribution >= 4 is 5.91 Å². The molecule has 5 nitrogen and oxygen atoms in total. The molecule has 2 aliphatic heterocycles. The summed E-state index contributed by atoms with van der Waals surface area (Å²) in [6, 6.07) is 8.11. The Balaban J connectivity index is 1.36. The van der Waals surface area contributed by atoms with Gasteiger partial charge in [0.1, 0.15) is 0 Å². The van der Waals surface area contributed by atoms with Crippen LogP contribution >= 0.6 is 0 Å². The number of nitrogens with zero attached hydrogens (tertiary/aromatic N) is 2. The lowest BCUT2D eigenvalue weighted by Crippen LogP contribution is -2.38. The first kappa shape index (κ1) is 19.3. The van der Waals surface area contributed by atoms with E-state index in [9.17, 15) is 4.79 Å². The van der Waals surface area contributed by atoms with E-state index in [-0.39, 0.29) is 5.91 Å². The molecule has 2 heterocycles. The topological polar surface area (TPSA) is 44.8 Å². The number of nitrogens with one attached hydrogen (secondary N) is 1. The van der Waals surface area contributed by atoms with E-state index in [1.807, 2.05) is 12.1 Å². The lowest BCUT2D eigenvalue weighted by Gasteiger charge is -2.30. The first-order valence-corrected chi connectivity index (χ1v) is 10.1. The van der Waals surface area contributed by atoms with Gasteiger partial charge in [-0.2, -0.15) is 0 Å². The smallest absolute Gasteiger partial charge is 0.251 e. The summed E-state index contributed by atoms with van der Waals surface area (Å²) in [6.45, 7) is 11.1. The number of carbonyl (C=O) groups excluding carboxylic acids is 1. The quantitative estimate of drug-likeness (QED) is 0.759. The number of likely N-dealkylation sites (tertiary alicyclic amines) is 1. The SMILES string of the molecule is CC1CCN(Cc2ccc(C(=O)NCCCN3CCOCC3)cc2)CC1. The van der Waals surface area contributed by atoms with Crippen LogP contribution < -0.4 is 5.32 Å². The van der Waals surface area contributed by atoms with E-state index >= 15 is 0 Å². The first-order valence-electron chi connectivity index (χ1n) is 10.1. The Morgan fingerprint density at radius 3 is 2.46 bits per heavy atom. The van der Waals surface area contributed by atoms with Gasteiger partial charge in [0.25, 0.3) is 5.91 Å². The van der Waals surface area contributed by atoms with Gasteiger partial charge < -0.3 is 10.1 Å². The third-order valence-electron chi connectivity index (χ3n) is 5.54. The highest BCUT2D eigenvalue weighted by Gasteiger charge is 2.16. The van der Waals surface area contributed by atoms with Gasteiger partial charge in [0, 0.05) is 31.7 Å². The molecule has 144 valence electrons. The van der Waals surface area contributed by atoms with E-state index in [2.05, 4.69) is 34.2 Å². The Hall–Kier alpha value is -1.43. The van der Waals surface area contributed by atoms with Crippen LogP contribution in [0.3, 0.4) is 0 Å². The molecule has 0 radical (unpaired) electrons. The van der Waals surface area contributed by atoms with Crippen molar-refractivity contribution in [2.45, 2.75) is 32.7 Å². The van der Waals surface area contributed by atoms with Crippen LogP contribution in [0, 0.1) is 5.92 Å². The van der Waals surface area contributed by atoms with Gasteiger partial charge in [-0.3, -0.25) is 14.6 Å². The molecule has 0 atom stereocenters. The summed E-state index contributed by atoms with van der Waals surface area (Å²) in [5, 5.41) is 3.04. The summed E-state index contributed by atoms with van der Waals surface area (Å²) in [7, 11) is 0. The van der Waals surface area contributed by atoms with Crippen LogP contribution in [0.15, 0.2) is 24.3 Å². The fourth-order valence-electron chi connectivity index (χ4n) is 3.67. The van der Waals surface area contributed by atoms with Gasteiger partial charge in [0.05, 0.1) is 13.2 Å². The van der Waals surface area contributed by atoms with E-state index in [1.54, 1.807) is 0 Å². The Morgan fingerprint density at radius 2 is 1.77 bits per heavy atom. The molecule has 2 saturated heterocycles. The Bertz CT molecular complexity index is 547. The van der Waals surface area contributed by atoms with Crippen LogP contribution in [0.5, 0.6) is 0 Å². The lowest BCUT2D eigenvalue weighted by molar-refractivity contribution is 0.0374. The molecule has 1 aromatic rings. The van der Waals surface area contributed by atoms with E-state index in [4.69, 9.17) is 4.74 Å². The number of ether oxygens (including phenoxy) is 1. The van der Waals surface area contributed by atoms with Crippen molar-refractivity contribution < 1.29 is 9.53 Å². The molecule has 1 amide bonds. The number of benzene rings is 1. The zero-order valence-electron chi connectivity index (χ0n) is 16.1. The van der Waals surface area contributed by atoms with Crippen molar-refractivity contribution in [3.63, 3.8) is 0 Å². The predicted octanol–water partition coefficient (Wildman–Crippen LogP) is 2.37. The van der Waals surface area contributed by atoms with Gasteiger partial charge in [-0.15, -0.1) is 0 Å². The standard InChI is InChI=1S/C21H33N3O2/c1-18-7-11-24(12-8-18)17-19-3-5-20(6-4-19)21(25)22-9-2-10-23-13-15-26-16-14-23/h3-6,18H,2,7-17H2,1H3,(H,22,25). The molecule has 0 aliphatic carbocycles. The highest BCUT2D eigenvalue weighted by atomic mass is 16.5. The minimum absolute atomic E-state index is 0.0327. The van der Waals surface area contributed by atoms with Crippen LogP contribution in [0.4, 0.5) is 0 Å². The molecule has 5 heteroatoms. The fraction of sp³-hybridized carbons (Fsp3) is 0.667. The van der Waals surface area contributed by atoms with E-state index in [0.29, 0.717) is 0 Å². The molecule has 0 aromatic heterocycles. The third-order valence-corrected chi connectivity index (χ3v) is 5.54. The van der Waals surface area contributed by atoms with Crippen molar-refractivity contribution in [1.82, 2.24) is 15.1 Å². The van der Waals surface area contributed by atoms with Gasteiger partial charge >= 0.3 is 0 Å². The minimum Gasteiger partial charge on any atom is -0.379 e. The summed E-state index contributed by atoms with van der Waals surface area (Å²) in [4.78, 5) is 17.2. The second-order valence-corrected chi connectivity index (χ2v) is 7.72. The van der Waals surface area contributed by atoms with E-state index in [0.717, 1.165) is 63.8 Å². The molecule has 0 unspecified atom stereocenters. The molecule has 3 rings (SSSR count). The van der Waals surface area contributed by atoms with Crippen molar-refractivity contribution in [3.05, 3.63) is 35.4 Å². The maximum absolute atomic E-state index is 12.3. The maximum Gasteiger partial charge on any atom is 0.251 e. The number of amides is 1. The van der Waals surface area contributed by atoms with Crippen LogP contribution in [0.25, 0.3) is 0 Å². The lowest BCUT2D eigenvalue weighted by atomic mass is 9.99. The molecular weight excluding hydrogens is 326 g/mol. The Labute approximate surface area is 157 Å². The molecule has 0 saturated carbocycles. The van der Waals surface area contributed by atoms with Crippen molar-refractivity contribution in [2.75, 3.05) is 52.5 Å². The van der Waals surface area contributed by atoms with Crippen LogP contribution in [0.1, 0.15) is 42.1 Å². The molecule has 0 bridgehead atoms. The van der Waals surface area contributed by atoms with Gasteiger partial charge in [-0.25, -0.2) is 0 Å². The van der Waals surface area contributed by atoms with Crippen LogP contribution in [-0.2, 0) is 11.3 Å². The van der Waals surface area contributed by atoms with Gasteiger partial charge in [-0.05, 0) is 62.5 Å². The largest absolute Gasteiger partial charge is 0.379 e. The van der Waals surface area contributed by atoms with Crippen LogP contribution in [0.2, 0.25) is 0 Å². The van der Waals surface area contributed by atoms with Gasteiger partial charge in [-0.1, -0.05) is 19.1 Å². The summed E-state index contributed by atoms with van der Waals surface area (Å²) >= 11 is 0. The minimum atomic E-state index is 0.0327. The van der Waals surface area contributed by atoms with Crippen molar-refractivity contribution in [2.24, 2.45) is 5.92 Å². The molecular formula is C21H33N3O2. The van der Waals surface area contributed by atoms with Crippen LogP contribution in [-0.4, -0.2) is 68.2 Å². The Kier molecular flexibility index (Phi) is 7.47. The van der Waals surface area contributed by atoms with E-state index < -0.39 is 0 Å². The number of rotatable bonds is 7. The van der Waals surface area contributed by atoms with E-state index in [1.165, 1.54) is 31.5 Å². The fourth-order valence-corrected chi connectivity index (χ4v) is 3.67. The highest BCUT2D eigenvalue weighted by molar-refractivity contribution is 5.94. The van der Waals surface area contributed by atoms with Crippen molar-refractivity contribution in [3.8, 4) is 0 Å². The predicted molar refractivity (Wildman–Crippen MR) is 104 cm³/mol. The second-order valence-electron chi connectivity index (χ2n) is 7.72. The zero-order chi connectivity index (χ0) is 18.2. The number of morpholine rings is 1. The zero-order valence-corrected chi connectivity index (χ0v) is 16.1.